The molecule has 2 aromatic heterocycles. The predicted octanol–water partition coefficient (Wildman–Crippen LogP) is 1.08. The minimum absolute atomic E-state index is 0.0955. The van der Waals surface area contributed by atoms with Crippen molar-refractivity contribution in [3.05, 3.63) is 18.1 Å². The lowest BCUT2D eigenvalue weighted by Gasteiger charge is -2.21. The zero-order valence-electron chi connectivity index (χ0n) is 10.9. The van der Waals surface area contributed by atoms with Crippen LogP contribution >= 0.6 is 0 Å². The summed E-state index contributed by atoms with van der Waals surface area (Å²) in [6.45, 7) is 6.62. The van der Waals surface area contributed by atoms with Gasteiger partial charge in [0.15, 0.2) is 0 Å². The van der Waals surface area contributed by atoms with Gasteiger partial charge in [0.1, 0.15) is 17.8 Å². The zero-order valence-corrected chi connectivity index (χ0v) is 10.9. The van der Waals surface area contributed by atoms with Crippen LogP contribution in [0.5, 0.6) is 0 Å². The summed E-state index contributed by atoms with van der Waals surface area (Å²) < 4.78 is 2.06. The number of nitrogens with two attached hydrogens (primary N) is 2. The fourth-order valence-corrected chi connectivity index (χ4v) is 1.84. The smallest absolute Gasteiger partial charge is 0.147 e. The number of fused-ring (bicyclic) bond motifs is 1. The Morgan fingerprint density at radius 3 is 2.67 bits per heavy atom. The minimum atomic E-state index is -0.0955. The summed E-state index contributed by atoms with van der Waals surface area (Å²) in [6.07, 6.45) is 3.43. The van der Waals surface area contributed by atoms with E-state index in [0.717, 1.165) is 16.6 Å². The summed E-state index contributed by atoms with van der Waals surface area (Å²) in [5.41, 5.74) is 12.9. The summed E-state index contributed by atoms with van der Waals surface area (Å²) in [5, 5.41) is 0.799. The molecule has 2 aromatic rings. The molecule has 2 rings (SSSR count). The van der Waals surface area contributed by atoms with E-state index in [4.69, 9.17) is 11.5 Å². The van der Waals surface area contributed by atoms with Crippen molar-refractivity contribution >= 4 is 16.9 Å². The van der Waals surface area contributed by atoms with Gasteiger partial charge in [-0.05, 0) is 20.8 Å². The first kappa shape index (κ1) is 12.4. The van der Waals surface area contributed by atoms with Crippen molar-refractivity contribution in [2.45, 2.75) is 26.3 Å². The third kappa shape index (κ3) is 2.03. The summed E-state index contributed by atoms with van der Waals surface area (Å²) in [7, 11) is 0. The van der Waals surface area contributed by atoms with Crippen LogP contribution in [-0.4, -0.2) is 21.1 Å². The van der Waals surface area contributed by atoms with Crippen molar-refractivity contribution in [3.63, 3.8) is 0 Å². The molecular weight excluding hydrogens is 226 g/mol. The molecule has 2 heterocycles. The Labute approximate surface area is 106 Å². The topological polar surface area (TPSA) is 82.8 Å². The van der Waals surface area contributed by atoms with E-state index in [1.165, 1.54) is 6.33 Å². The fourth-order valence-electron chi connectivity index (χ4n) is 1.84. The van der Waals surface area contributed by atoms with Crippen LogP contribution in [0.2, 0.25) is 0 Å². The predicted molar refractivity (Wildman–Crippen MR) is 72.9 cm³/mol. The van der Waals surface area contributed by atoms with E-state index >= 15 is 0 Å². The van der Waals surface area contributed by atoms with E-state index in [9.17, 15) is 0 Å². The maximum absolute atomic E-state index is 5.92. The Bertz CT molecular complexity index is 637. The number of rotatable bonds is 0. The second-order valence-corrected chi connectivity index (χ2v) is 5.05. The van der Waals surface area contributed by atoms with Gasteiger partial charge in [0.2, 0.25) is 0 Å². The second kappa shape index (κ2) is 4.31. The van der Waals surface area contributed by atoms with Crippen molar-refractivity contribution in [2.75, 3.05) is 12.3 Å². The second-order valence-electron chi connectivity index (χ2n) is 5.05. The van der Waals surface area contributed by atoms with Crippen LogP contribution in [0, 0.1) is 11.8 Å². The van der Waals surface area contributed by atoms with Crippen molar-refractivity contribution in [1.82, 2.24) is 14.5 Å². The maximum Gasteiger partial charge on any atom is 0.147 e. The highest BCUT2D eigenvalue weighted by Gasteiger charge is 2.20. The lowest BCUT2D eigenvalue weighted by molar-refractivity contribution is 0.408. The molecule has 0 fully saturated rings. The number of aromatic nitrogens is 3. The number of nitrogen functional groups attached to an aromatic ring is 1. The van der Waals surface area contributed by atoms with Gasteiger partial charge < -0.3 is 16.0 Å². The molecule has 0 amide bonds. The Morgan fingerprint density at radius 1 is 1.33 bits per heavy atom. The van der Waals surface area contributed by atoms with Crippen LogP contribution in [0.15, 0.2) is 12.5 Å². The molecule has 0 saturated carbocycles. The van der Waals surface area contributed by atoms with E-state index in [0.29, 0.717) is 12.4 Å². The van der Waals surface area contributed by atoms with Crippen LogP contribution in [0.1, 0.15) is 26.3 Å². The van der Waals surface area contributed by atoms with E-state index in [1.54, 1.807) is 0 Å². The fraction of sp³-hybridized carbons (Fsp3) is 0.385. The molecule has 94 valence electrons. The molecule has 0 radical (unpaired) electrons. The first-order valence-corrected chi connectivity index (χ1v) is 5.76. The molecule has 0 saturated heterocycles. The molecule has 0 aliphatic heterocycles. The first-order chi connectivity index (χ1) is 8.45. The molecule has 0 aliphatic rings. The van der Waals surface area contributed by atoms with Gasteiger partial charge in [-0.1, -0.05) is 11.8 Å². The highest BCUT2D eigenvalue weighted by atomic mass is 15.1. The molecule has 5 nitrogen and oxygen atoms in total. The van der Waals surface area contributed by atoms with Gasteiger partial charge >= 0.3 is 0 Å². The van der Waals surface area contributed by atoms with Crippen LogP contribution in [0.25, 0.3) is 11.0 Å². The van der Waals surface area contributed by atoms with Gasteiger partial charge in [-0.3, -0.25) is 0 Å². The maximum atomic E-state index is 5.92. The molecule has 0 aromatic carbocycles. The van der Waals surface area contributed by atoms with Crippen molar-refractivity contribution in [2.24, 2.45) is 5.73 Å². The van der Waals surface area contributed by atoms with Crippen molar-refractivity contribution in [1.29, 1.82) is 0 Å². The number of hydrogen-bond acceptors (Lipinski definition) is 4. The average Bonchev–Trinajstić information content (AvgIpc) is 2.66. The van der Waals surface area contributed by atoms with Crippen molar-refractivity contribution < 1.29 is 0 Å². The lowest BCUT2D eigenvalue weighted by Crippen LogP contribution is -2.21. The van der Waals surface area contributed by atoms with E-state index in [2.05, 4.69) is 47.1 Å². The molecule has 0 atom stereocenters. The Morgan fingerprint density at radius 2 is 2.06 bits per heavy atom. The molecule has 0 aliphatic carbocycles. The summed E-state index contributed by atoms with van der Waals surface area (Å²) in [4.78, 5) is 8.34. The normalized spacial score (nSPS) is 11.3. The Balaban J connectivity index is 2.80. The van der Waals surface area contributed by atoms with Gasteiger partial charge in [-0.2, -0.15) is 0 Å². The third-order valence-electron chi connectivity index (χ3n) is 2.66. The van der Waals surface area contributed by atoms with Crippen LogP contribution in [0.4, 0.5) is 5.82 Å². The highest BCUT2D eigenvalue weighted by molar-refractivity contribution is 5.92. The quantitative estimate of drug-likeness (QED) is 0.678. The minimum Gasteiger partial charge on any atom is -0.383 e. The van der Waals surface area contributed by atoms with E-state index in [1.807, 2.05) is 6.20 Å². The molecule has 5 heteroatoms. The van der Waals surface area contributed by atoms with Crippen LogP contribution in [-0.2, 0) is 5.54 Å². The van der Waals surface area contributed by atoms with E-state index in [-0.39, 0.29) is 5.54 Å². The van der Waals surface area contributed by atoms with Crippen LogP contribution in [0.3, 0.4) is 0 Å². The molecule has 0 unspecified atom stereocenters. The average molecular weight is 243 g/mol. The van der Waals surface area contributed by atoms with Gasteiger partial charge in [0, 0.05) is 11.7 Å². The van der Waals surface area contributed by atoms with E-state index < -0.39 is 0 Å². The van der Waals surface area contributed by atoms with Gasteiger partial charge in [-0.25, -0.2) is 9.97 Å². The summed E-state index contributed by atoms with van der Waals surface area (Å²) in [6, 6.07) is 0. The van der Waals surface area contributed by atoms with Gasteiger partial charge in [-0.15, -0.1) is 0 Å². The Hall–Kier alpha value is -2.06. The molecule has 0 spiro atoms. The van der Waals surface area contributed by atoms with Gasteiger partial charge in [0.25, 0.3) is 0 Å². The SMILES string of the molecule is CC(C)(C)n1cc(C#CCN)c2c(N)ncnc21. The molecular formula is C13H17N5. The van der Waals surface area contributed by atoms with Crippen molar-refractivity contribution in [3.8, 4) is 11.8 Å². The molecule has 4 N–H and O–H groups in total. The monoisotopic (exact) mass is 243 g/mol. The van der Waals surface area contributed by atoms with Gasteiger partial charge in [0.05, 0.1) is 17.5 Å². The lowest BCUT2D eigenvalue weighted by atomic mass is 10.1. The zero-order chi connectivity index (χ0) is 13.3. The summed E-state index contributed by atoms with van der Waals surface area (Å²) >= 11 is 0. The number of nitrogens with zero attached hydrogens (tertiary/aromatic N) is 3. The number of anilines is 1. The Kier molecular flexibility index (Phi) is 2.97. The number of hydrogen-bond donors (Lipinski definition) is 2. The highest BCUT2D eigenvalue weighted by Crippen LogP contribution is 2.28. The molecule has 0 bridgehead atoms. The summed E-state index contributed by atoms with van der Waals surface area (Å²) in [5.74, 6) is 6.32. The largest absolute Gasteiger partial charge is 0.383 e. The van der Waals surface area contributed by atoms with Crippen LogP contribution < -0.4 is 11.5 Å². The molecule has 18 heavy (non-hydrogen) atoms. The first-order valence-electron chi connectivity index (χ1n) is 5.76. The third-order valence-corrected chi connectivity index (χ3v) is 2.66. The standard InChI is InChI=1S/C13H17N5/c1-13(2,3)18-7-9(5-4-6-14)10-11(15)16-8-17-12(10)18/h7-8H,6,14H2,1-3H3,(H2,15,16,17).